The third kappa shape index (κ3) is 5.39. The second-order valence-corrected chi connectivity index (χ2v) is 6.60. The molecule has 2 aromatic carbocycles. The van der Waals surface area contributed by atoms with Crippen molar-refractivity contribution in [2.24, 2.45) is 0 Å². The van der Waals surface area contributed by atoms with Crippen LogP contribution in [0.4, 0.5) is 18.9 Å². The second kappa shape index (κ2) is 8.86. The Bertz CT molecular complexity index is 1150. The van der Waals surface area contributed by atoms with E-state index in [9.17, 15) is 27.6 Å². The standard InChI is InChI=1S/C22H17F3N2O4/c1-31-21(30)16-6-9-18(10-7-16)26-20(29)15-4-2-14(3-5-15)12-27-13-17(22(23,24)25)8-11-19(27)28/h2-11,13H,12H2,1H3,(H,26,29). The van der Waals surface area contributed by atoms with Crippen LogP contribution < -0.4 is 10.9 Å². The highest BCUT2D eigenvalue weighted by molar-refractivity contribution is 6.04. The summed E-state index contributed by atoms with van der Waals surface area (Å²) in [5, 5.41) is 2.67. The summed E-state index contributed by atoms with van der Waals surface area (Å²) < 4.78 is 44.1. The van der Waals surface area contributed by atoms with E-state index in [0.717, 1.165) is 22.9 Å². The molecule has 0 aliphatic carbocycles. The molecule has 0 bridgehead atoms. The van der Waals surface area contributed by atoms with E-state index < -0.39 is 29.2 Å². The predicted molar refractivity (Wildman–Crippen MR) is 107 cm³/mol. The highest BCUT2D eigenvalue weighted by atomic mass is 19.4. The molecule has 0 atom stereocenters. The highest BCUT2D eigenvalue weighted by Crippen LogP contribution is 2.28. The fourth-order valence-electron chi connectivity index (χ4n) is 2.79. The predicted octanol–water partition coefficient (Wildman–Crippen LogP) is 3.95. The topological polar surface area (TPSA) is 77.4 Å². The molecule has 0 radical (unpaired) electrons. The van der Waals surface area contributed by atoms with Crippen LogP contribution in [0.1, 0.15) is 31.8 Å². The minimum absolute atomic E-state index is 0.0698. The summed E-state index contributed by atoms with van der Waals surface area (Å²) in [6.07, 6.45) is -3.78. The first-order valence-corrected chi connectivity index (χ1v) is 9.04. The maximum atomic E-state index is 12.9. The number of rotatable bonds is 5. The van der Waals surface area contributed by atoms with Gasteiger partial charge < -0.3 is 14.6 Å². The van der Waals surface area contributed by atoms with E-state index in [1.54, 1.807) is 24.3 Å². The monoisotopic (exact) mass is 430 g/mol. The number of ether oxygens (including phenoxy) is 1. The van der Waals surface area contributed by atoms with Crippen LogP contribution in [0.15, 0.2) is 71.7 Å². The zero-order chi connectivity index (χ0) is 22.6. The normalized spacial score (nSPS) is 11.1. The maximum absolute atomic E-state index is 12.9. The molecule has 0 spiro atoms. The largest absolute Gasteiger partial charge is 0.465 e. The van der Waals surface area contributed by atoms with Crippen molar-refractivity contribution < 1.29 is 27.5 Å². The molecule has 0 saturated carbocycles. The molecule has 31 heavy (non-hydrogen) atoms. The van der Waals surface area contributed by atoms with Gasteiger partial charge in [-0.25, -0.2) is 4.79 Å². The third-order valence-electron chi connectivity index (χ3n) is 4.44. The number of hydrogen-bond acceptors (Lipinski definition) is 4. The van der Waals surface area contributed by atoms with E-state index >= 15 is 0 Å². The Hall–Kier alpha value is -3.88. The van der Waals surface area contributed by atoms with E-state index in [0.29, 0.717) is 22.4 Å². The molecule has 0 fully saturated rings. The van der Waals surface area contributed by atoms with E-state index in [1.165, 1.54) is 31.4 Å². The van der Waals surface area contributed by atoms with Crippen LogP contribution in [0.3, 0.4) is 0 Å². The number of anilines is 1. The van der Waals surface area contributed by atoms with Crippen molar-refractivity contribution in [3.8, 4) is 0 Å². The molecule has 3 aromatic rings. The van der Waals surface area contributed by atoms with Gasteiger partial charge in [0.15, 0.2) is 0 Å². The molecule has 9 heteroatoms. The number of alkyl halides is 3. The van der Waals surface area contributed by atoms with Crippen LogP contribution in [0.5, 0.6) is 0 Å². The average Bonchev–Trinajstić information content (AvgIpc) is 2.75. The molecular formula is C22H17F3N2O4. The number of aromatic nitrogens is 1. The summed E-state index contributed by atoms with van der Waals surface area (Å²) >= 11 is 0. The maximum Gasteiger partial charge on any atom is 0.417 e. The molecule has 0 aliphatic rings. The van der Waals surface area contributed by atoms with Gasteiger partial charge in [0.05, 0.1) is 24.8 Å². The van der Waals surface area contributed by atoms with Crippen LogP contribution in [-0.4, -0.2) is 23.6 Å². The molecule has 0 unspecified atom stereocenters. The number of methoxy groups -OCH3 is 1. The van der Waals surface area contributed by atoms with Crippen molar-refractivity contribution in [2.45, 2.75) is 12.7 Å². The zero-order valence-corrected chi connectivity index (χ0v) is 16.3. The van der Waals surface area contributed by atoms with Crippen LogP contribution >= 0.6 is 0 Å². The first kappa shape index (κ1) is 21.8. The molecule has 1 N–H and O–H groups in total. The minimum atomic E-state index is -4.55. The lowest BCUT2D eigenvalue weighted by molar-refractivity contribution is -0.138. The molecule has 1 heterocycles. The van der Waals surface area contributed by atoms with Gasteiger partial charge in [-0.15, -0.1) is 0 Å². The number of halogens is 3. The summed E-state index contributed by atoms with van der Waals surface area (Å²) in [6, 6.07) is 13.9. The molecule has 160 valence electrons. The Morgan fingerprint density at radius 3 is 2.13 bits per heavy atom. The molecular weight excluding hydrogens is 413 g/mol. The first-order chi connectivity index (χ1) is 14.7. The Morgan fingerprint density at radius 1 is 0.935 bits per heavy atom. The number of pyridine rings is 1. The third-order valence-corrected chi connectivity index (χ3v) is 4.44. The van der Waals surface area contributed by atoms with Gasteiger partial charge in [0, 0.05) is 23.5 Å². The van der Waals surface area contributed by atoms with Gasteiger partial charge >= 0.3 is 12.1 Å². The zero-order valence-electron chi connectivity index (χ0n) is 16.3. The number of benzene rings is 2. The highest BCUT2D eigenvalue weighted by Gasteiger charge is 2.31. The minimum Gasteiger partial charge on any atom is -0.465 e. The lowest BCUT2D eigenvalue weighted by atomic mass is 10.1. The van der Waals surface area contributed by atoms with Crippen LogP contribution in [0, 0.1) is 0 Å². The molecule has 1 aromatic heterocycles. The van der Waals surface area contributed by atoms with Gasteiger partial charge in [-0.2, -0.15) is 13.2 Å². The Morgan fingerprint density at radius 2 is 1.55 bits per heavy atom. The number of esters is 1. The van der Waals surface area contributed by atoms with Gasteiger partial charge in [-0.05, 0) is 48.0 Å². The lowest BCUT2D eigenvalue weighted by Gasteiger charge is -2.11. The number of carbonyl (C=O) groups is 2. The molecule has 0 aliphatic heterocycles. The van der Waals surface area contributed by atoms with Gasteiger partial charge in [-0.3, -0.25) is 9.59 Å². The number of hydrogen-bond donors (Lipinski definition) is 1. The quantitative estimate of drug-likeness (QED) is 0.622. The average molecular weight is 430 g/mol. The molecule has 0 saturated heterocycles. The number of nitrogens with one attached hydrogen (secondary N) is 1. The van der Waals surface area contributed by atoms with Crippen molar-refractivity contribution >= 4 is 17.6 Å². The van der Waals surface area contributed by atoms with E-state index in [1.807, 2.05) is 0 Å². The van der Waals surface area contributed by atoms with Crippen molar-refractivity contribution in [2.75, 3.05) is 12.4 Å². The lowest BCUT2D eigenvalue weighted by Crippen LogP contribution is -2.22. The van der Waals surface area contributed by atoms with E-state index in [4.69, 9.17) is 0 Å². The fraction of sp³-hybridized carbons (Fsp3) is 0.136. The Balaban J connectivity index is 1.69. The first-order valence-electron chi connectivity index (χ1n) is 9.04. The van der Waals surface area contributed by atoms with Gasteiger partial charge in [0.1, 0.15) is 0 Å². The smallest absolute Gasteiger partial charge is 0.417 e. The van der Waals surface area contributed by atoms with Gasteiger partial charge in [-0.1, -0.05) is 12.1 Å². The van der Waals surface area contributed by atoms with Crippen LogP contribution in [0.25, 0.3) is 0 Å². The number of carbonyl (C=O) groups excluding carboxylic acids is 2. The molecule has 1 amide bonds. The van der Waals surface area contributed by atoms with E-state index in [2.05, 4.69) is 10.1 Å². The van der Waals surface area contributed by atoms with Crippen molar-refractivity contribution in [1.29, 1.82) is 0 Å². The summed E-state index contributed by atoms with van der Waals surface area (Å²) in [6.45, 7) is -0.0698. The summed E-state index contributed by atoms with van der Waals surface area (Å²) in [7, 11) is 1.27. The van der Waals surface area contributed by atoms with Crippen molar-refractivity contribution in [3.63, 3.8) is 0 Å². The molecule has 3 rings (SSSR count). The van der Waals surface area contributed by atoms with E-state index in [-0.39, 0.29) is 6.54 Å². The molecule has 6 nitrogen and oxygen atoms in total. The van der Waals surface area contributed by atoms with Gasteiger partial charge in [0.2, 0.25) is 0 Å². The number of nitrogens with zero attached hydrogens (tertiary/aromatic N) is 1. The summed E-state index contributed by atoms with van der Waals surface area (Å²) in [5.41, 5.74) is 0.205. The van der Waals surface area contributed by atoms with Crippen molar-refractivity contribution in [3.05, 3.63) is 99.5 Å². The summed E-state index contributed by atoms with van der Waals surface area (Å²) in [5.74, 6) is -0.901. The Labute approximate surface area is 174 Å². The SMILES string of the molecule is COC(=O)c1ccc(NC(=O)c2ccc(Cn3cc(C(F)(F)F)ccc3=O)cc2)cc1. The van der Waals surface area contributed by atoms with Crippen LogP contribution in [0.2, 0.25) is 0 Å². The van der Waals surface area contributed by atoms with Gasteiger partial charge in [0.25, 0.3) is 11.5 Å². The van der Waals surface area contributed by atoms with Crippen LogP contribution in [-0.2, 0) is 17.5 Å². The number of amides is 1. The van der Waals surface area contributed by atoms with Crippen molar-refractivity contribution in [1.82, 2.24) is 4.57 Å². The Kier molecular flexibility index (Phi) is 6.24. The second-order valence-electron chi connectivity index (χ2n) is 6.60. The summed E-state index contributed by atoms with van der Waals surface area (Å²) in [4.78, 5) is 35.7. The fourth-order valence-corrected chi connectivity index (χ4v) is 2.79.